The largest absolute Gasteiger partial charge is 0.444 e. The number of carbonyl (C=O) groups excluding carboxylic acids is 2. The predicted octanol–water partition coefficient (Wildman–Crippen LogP) is 3.47. The molecule has 0 unspecified atom stereocenters. The predicted molar refractivity (Wildman–Crippen MR) is 96.6 cm³/mol. The Morgan fingerprint density at radius 2 is 1.92 bits per heavy atom. The van der Waals surface area contributed by atoms with Gasteiger partial charge in [0.05, 0.1) is 6.04 Å². The average Bonchev–Trinajstić information content (AvgIpc) is 2.49. The van der Waals surface area contributed by atoms with Crippen molar-refractivity contribution in [3.63, 3.8) is 0 Å². The topological polar surface area (TPSA) is 61.9 Å². The molecule has 1 aromatic carbocycles. The second-order valence-corrected chi connectivity index (χ2v) is 7.94. The van der Waals surface area contributed by atoms with E-state index in [1.54, 1.807) is 4.90 Å². The van der Waals surface area contributed by atoms with Crippen LogP contribution in [0, 0.1) is 12.8 Å². The zero-order chi connectivity index (χ0) is 18.2. The molecule has 136 valence electrons. The highest BCUT2D eigenvalue weighted by atomic mass is 16.6. The van der Waals surface area contributed by atoms with Crippen LogP contribution in [0.3, 0.4) is 0 Å². The van der Waals surface area contributed by atoms with Gasteiger partial charge in [-0.1, -0.05) is 18.2 Å². The van der Waals surface area contributed by atoms with Crippen LogP contribution in [0.1, 0.15) is 32.8 Å². The molecule has 3 amide bonds. The first-order valence-electron chi connectivity index (χ1n) is 8.86. The minimum Gasteiger partial charge on any atom is -0.444 e. The van der Waals surface area contributed by atoms with E-state index in [-0.39, 0.29) is 18.2 Å². The summed E-state index contributed by atoms with van der Waals surface area (Å²) < 4.78 is 5.46. The highest BCUT2D eigenvalue weighted by molar-refractivity contribution is 5.91. The third kappa shape index (κ3) is 3.89. The molecule has 0 radical (unpaired) electrons. The van der Waals surface area contributed by atoms with E-state index in [1.165, 1.54) is 0 Å². The fourth-order valence-corrected chi connectivity index (χ4v) is 3.42. The van der Waals surface area contributed by atoms with E-state index >= 15 is 0 Å². The third-order valence-electron chi connectivity index (χ3n) is 4.85. The van der Waals surface area contributed by atoms with Gasteiger partial charge in [-0.2, -0.15) is 0 Å². The van der Waals surface area contributed by atoms with Gasteiger partial charge in [-0.25, -0.2) is 9.59 Å². The molecule has 2 aliphatic rings. The van der Waals surface area contributed by atoms with E-state index < -0.39 is 5.60 Å². The lowest BCUT2D eigenvalue weighted by atomic mass is 9.82. The molecule has 0 aliphatic carbocycles. The standard InChI is InChI=1S/C19H27N3O3/c1-13-7-5-6-8-15(13)20-17(23)22-11-14-9-10-21(12-16(14)22)18(24)25-19(2,3)4/h5-8,14,16H,9-12H2,1-4H3,(H,20,23)/t14-,16-/m0/s1. The van der Waals surface area contributed by atoms with Crippen molar-refractivity contribution in [1.82, 2.24) is 9.80 Å². The van der Waals surface area contributed by atoms with Gasteiger partial charge in [0, 0.05) is 31.2 Å². The van der Waals surface area contributed by atoms with Crippen LogP contribution in [0.25, 0.3) is 0 Å². The third-order valence-corrected chi connectivity index (χ3v) is 4.85. The quantitative estimate of drug-likeness (QED) is 0.848. The van der Waals surface area contributed by atoms with Crippen molar-refractivity contribution < 1.29 is 14.3 Å². The highest BCUT2D eigenvalue weighted by Gasteiger charge is 2.46. The van der Waals surface area contributed by atoms with Crippen molar-refractivity contribution in [1.29, 1.82) is 0 Å². The lowest BCUT2D eigenvalue weighted by molar-refractivity contribution is -0.0282. The van der Waals surface area contributed by atoms with Crippen molar-refractivity contribution in [2.75, 3.05) is 25.0 Å². The molecule has 0 bridgehead atoms. The normalized spacial score (nSPS) is 22.7. The van der Waals surface area contributed by atoms with Crippen molar-refractivity contribution in [2.24, 2.45) is 5.92 Å². The average molecular weight is 345 g/mol. The van der Waals surface area contributed by atoms with Crippen LogP contribution in [0.15, 0.2) is 24.3 Å². The number of hydrogen-bond donors (Lipinski definition) is 1. The summed E-state index contributed by atoms with van der Waals surface area (Å²) in [6.45, 7) is 9.56. The van der Waals surface area contributed by atoms with Gasteiger partial charge < -0.3 is 19.9 Å². The molecule has 25 heavy (non-hydrogen) atoms. The molecule has 6 heteroatoms. The lowest BCUT2D eigenvalue weighted by Gasteiger charge is -2.53. The van der Waals surface area contributed by atoms with Gasteiger partial charge in [0.2, 0.25) is 0 Å². The molecule has 2 aliphatic heterocycles. The SMILES string of the molecule is Cc1ccccc1NC(=O)N1C[C@@H]2CCN(C(=O)OC(C)(C)C)C[C@@H]21. The molecule has 0 aromatic heterocycles. The number of hydrogen-bond acceptors (Lipinski definition) is 3. The number of anilines is 1. The first kappa shape index (κ1) is 17.6. The number of nitrogens with one attached hydrogen (secondary N) is 1. The Hall–Kier alpha value is -2.24. The summed E-state index contributed by atoms with van der Waals surface area (Å²) in [4.78, 5) is 28.4. The number of amides is 3. The number of benzene rings is 1. The maximum absolute atomic E-state index is 12.6. The van der Waals surface area contributed by atoms with E-state index in [1.807, 2.05) is 56.9 Å². The zero-order valence-electron chi connectivity index (χ0n) is 15.4. The lowest BCUT2D eigenvalue weighted by Crippen LogP contribution is -2.67. The number of nitrogens with zero attached hydrogens (tertiary/aromatic N) is 2. The van der Waals surface area contributed by atoms with E-state index in [0.717, 1.165) is 24.2 Å². The fraction of sp³-hybridized carbons (Fsp3) is 0.579. The number of aryl methyl sites for hydroxylation is 1. The van der Waals surface area contributed by atoms with Gasteiger partial charge in [0.1, 0.15) is 5.60 Å². The van der Waals surface area contributed by atoms with E-state index in [9.17, 15) is 9.59 Å². The first-order valence-corrected chi connectivity index (χ1v) is 8.86. The number of fused-ring (bicyclic) bond motifs is 1. The van der Waals surface area contributed by atoms with Crippen LogP contribution in [-0.2, 0) is 4.74 Å². The minimum atomic E-state index is -0.505. The van der Waals surface area contributed by atoms with Gasteiger partial charge in [0.15, 0.2) is 0 Å². The highest BCUT2D eigenvalue weighted by Crippen LogP contribution is 2.33. The molecule has 2 heterocycles. The number of ether oxygens (including phenoxy) is 1. The molecular formula is C19H27N3O3. The van der Waals surface area contributed by atoms with Crippen LogP contribution < -0.4 is 5.32 Å². The fourth-order valence-electron chi connectivity index (χ4n) is 3.42. The Morgan fingerprint density at radius 3 is 2.60 bits per heavy atom. The molecular weight excluding hydrogens is 318 g/mol. The monoisotopic (exact) mass is 345 g/mol. The van der Waals surface area contributed by atoms with Crippen LogP contribution in [0.4, 0.5) is 15.3 Å². The first-order chi connectivity index (χ1) is 11.7. The van der Waals surface area contributed by atoms with Gasteiger partial charge >= 0.3 is 12.1 Å². The van der Waals surface area contributed by atoms with Gasteiger partial charge in [-0.3, -0.25) is 0 Å². The van der Waals surface area contributed by atoms with E-state index in [0.29, 0.717) is 19.0 Å². The van der Waals surface area contributed by atoms with Crippen molar-refractivity contribution in [3.8, 4) is 0 Å². The van der Waals surface area contributed by atoms with Crippen LogP contribution >= 0.6 is 0 Å². The van der Waals surface area contributed by atoms with Crippen molar-refractivity contribution >= 4 is 17.8 Å². The summed E-state index contributed by atoms with van der Waals surface area (Å²) in [7, 11) is 0. The van der Waals surface area contributed by atoms with E-state index in [2.05, 4.69) is 5.32 Å². The maximum Gasteiger partial charge on any atom is 0.410 e. The molecule has 2 saturated heterocycles. The Balaban J connectivity index is 1.60. The summed E-state index contributed by atoms with van der Waals surface area (Å²) >= 11 is 0. The summed E-state index contributed by atoms with van der Waals surface area (Å²) in [6.07, 6.45) is 0.620. The second kappa shape index (κ2) is 6.58. The number of carbonyl (C=O) groups is 2. The molecule has 1 N–H and O–H groups in total. The smallest absolute Gasteiger partial charge is 0.410 e. The number of urea groups is 1. The summed E-state index contributed by atoms with van der Waals surface area (Å²) in [5, 5.41) is 2.98. The van der Waals surface area contributed by atoms with E-state index in [4.69, 9.17) is 4.74 Å². The zero-order valence-corrected chi connectivity index (χ0v) is 15.4. The molecule has 2 atom stereocenters. The molecule has 3 rings (SSSR count). The Morgan fingerprint density at radius 1 is 1.20 bits per heavy atom. The number of rotatable bonds is 1. The van der Waals surface area contributed by atoms with Crippen LogP contribution in [0.5, 0.6) is 0 Å². The Bertz CT molecular complexity index is 668. The molecule has 1 aromatic rings. The van der Waals surface area contributed by atoms with Gasteiger partial charge in [0.25, 0.3) is 0 Å². The molecule has 0 spiro atoms. The van der Waals surface area contributed by atoms with Crippen molar-refractivity contribution in [3.05, 3.63) is 29.8 Å². The summed E-state index contributed by atoms with van der Waals surface area (Å²) in [6, 6.07) is 7.71. The van der Waals surface area contributed by atoms with Crippen molar-refractivity contribution in [2.45, 2.75) is 45.8 Å². The molecule has 6 nitrogen and oxygen atoms in total. The Labute approximate surface area is 149 Å². The van der Waals surface area contributed by atoms with Crippen LogP contribution in [-0.4, -0.2) is 53.2 Å². The van der Waals surface area contributed by atoms with Crippen LogP contribution in [0.2, 0.25) is 0 Å². The van der Waals surface area contributed by atoms with Gasteiger partial charge in [-0.15, -0.1) is 0 Å². The molecule has 2 fully saturated rings. The summed E-state index contributed by atoms with van der Waals surface area (Å²) in [5.74, 6) is 0.473. The van der Waals surface area contributed by atoms with Gasteiger partial charge in [-0.05, 0) is 45.7 Å². The number of piperidine rings is 1. The number of likely N-dealkylation sites (tertiary alicyclic amines) is 2. The molecule has 0 saturated carbocycles. The Kier molecular flexibility index (Phi) is 4.62. The summed E-state index contributed by atoms with van der Waals surface area (Å²) in [5.41, 5.74) is 1.36. The minimum absolute atomic E-state index is 0.0743. The number of para-hydroxylation sites is 1. The second-order valence-electron chi connectivity index (χ2n) is 7.94. The maximum atomic E-state index is 12.6.